The first kappa shape index (κ1) is 9.78. The summed E-state index contributed by atoms with van der Waals surface area (Å²) in [6.07, 6.45) is 2.61. The fraction of sp³-hybridized carbons (Fsp3) is 0.545. The molecule has 0 aromatic carbocycles. The van der Waals surface area contributed by atoms with Crippen molar-refractivity contribution in [3.63, 3.8) is 0 Å². The molecule has 0 aliphatic heterocycles. The van der Waals surface area contributed by atoms with Gasteiger partial charge in [-0.25, -0.2) is 4.98 Å². The highest BCUT2D eigenvalue weighted by Crippen LogP contribution is 2.29. The van der Waals surface area contributed by atoms with Gasteiger partial charge in [0.25, 0.3) is 0 Å². The summed E-state index contributed by atoms with van der Waals surface area (Å²) < 4.78 is 5.56. The molecule has 0 atom stereocenters. The SMILES string of the molecule is Cc1nc(OCC2CC2)ccc1CCl. The van der Waals surface area contributed by atoms with Crippen LogP contribution in [0.5, 0.6) is 5.88 Å². The topological polar surface area (TPSA) is 22.1 Å². The van der Waals surface area contributed by atoms with Gasteiger partial charge in [-0.1, -0.05) is 6.07 Å². The van der Waals surface area contributed by atoms with Crippen LogP contribution in [0.2, 0.25) is 0 Å². The number of alkyl halides is 1. The van der Waals surface area contributed by atoms with Gasteiger partial charge in [0.15, 0.2) is 0 Å². The monoisotopic (exact) mass is 211 g/mol. The second-order valence-corrected chi connectivity index (χ2v) is 4.05. The van der Waals surface area contributed by atoms with Crippen LogP contribution in [-0.2, 0) is 5.88 Å². The Kier molecular flexibility index (Phi) is 2.92. The minimum atomic E-state index is 0.516. The van der Waals surface area contributed by atoms with E-state index in [2.05, 4.69) is 4.98 Å². The Bertz CT molecular complexity index is 323. The van der Waals surface area contributed by atoms with Crippen LogP contribution in [0.25, 0.3) is 0 Å². The van der Waals surface area contributed by atoms with E-state index in [9.17, 15) is 0 Å². The van der Waals surface area contributed by atoms with Crippen molar-refractivity contribution in [3.05, 3.63) is 23.4 Å². The van der Waals surface area contributed by atoms with Crippen LogP contribution < -0.4 is 4.74 Å². The number of aryl methyl sites for hydroxylation is 1. The lowest BCUT2D eigenvalue weighted by atomic mass is 10.2. The Balaban J connectivity index is 1.99. The molecule has 0 saturated heterocycles. The lowest BCUT2D eigenvalue weighted by Crippen LogP contribution is -2.02. The Morgan fingerprint density at radius 3 is 2.86 bits per heavy atom. The second kappa shape index (κ2) is 4.18. The molecule has 1 aliphatic carbocycles. The van der Waals surface area contributed by atoms with Crippen molar-refractivity contribution in [2.75, 3.05) is 6.61 Å². The predicted octanol–water partition coefficient (Wildman–Crippen LogP) is 2.92. The van der Waals surface area contributed by atoms with Gasteiger partial charge in [0, 0.05) is 17.6 Å². The van der Waals surface area contributed by atoms with Crippen LogP contribution in [0.3, 0.4) is 0 Å². The van der Waals surface area contributed by atoms with E-state index in [1.807, 2.05) is 19.1 Å². The highest BCUT2D eigenvalue weighted by atomic mass is 35.5. The number of rotatable bonds is 4. The van der Waals surface area contributed by atoms with Gasteiger partial charge in [0.1, 0.15) is 0 Å². The number of pyridine rings is 1. The lowest BCUT2D eigenvalue weighted by Gasteiger charge is -2.06. The molecule has 76 valence electrons. The molecule has 0 unspecified atom stereocenters. The van der Waals surface area contributed by atoms with Gasteiger partial charge in [-0.15, -0.1) is 11.6 Å². The van der Waals surface area contributed by atoms with E-state index in [-0.39, 0.29) is 0 Å². The molecule has 0 N–H and O–H groups in total. The van der Waals surface area contributed by atoms with Gasteiger partial charge in [0.05, 0.1) is 6.61 Å². The fourth-order valence-corrected chi connectivity index (χ4v) is 1.56. The molecule has 1 aliphatic rings. The molecule has 3 heteroatoms. The van der Waals surface area contributed by atoms with Crippen LogP contribution in [-0.4, -0.2) is 11.6 Å². The molecular weight excluding hydrogens is 198 g/mol. The maximum Gasteiger partial charge on any atom is 0.213 e. The summed E-state index contributed by atoms with van der Waals surface area (Å²) in [4.78, 5) is 4.34. The predicted molar refractivity (Wildman–Crippen MR) is 56.8 cm³/mol. The molecule has 14 heavy (non-hydrogen) atoms. The smallest absolute Gasteiger partial charge is 0.213 e. The molecule has 1 heterocycles. The molecule has 1 fully saturated rings. The lowest BCUT2D eigenvalue weighted by molar-refractivity contribution is 0.288. The first-order valence-corrected chi connectivity index (χ1v) is 5.48. The number of hydrogen-bond donors (Lipinski definition) is 0. The third-order valence-electron chi connectivity index (χ3n) is 2.48. The van der Waals surface area contributed by atoms with E-state index in [1.54, 1.807) is 0 Å². The molecular formula is C11H14ClNO. The molecule has 1 saturated carbocycles. The third-order valence-corrected chi connectivity index (χ3v) is 2.77. The summed E-state index contributed by atoms with van der Waals surface area (Å²) in [5, 5.41) is 0. The van der Waals surface area contributed by atoms with E-state index in [0.29, 0.717) is 5.88 Å². The molecule has 1 aromatic rings. The largest absolute Gasteiger partial charge is 0.477 e. The van der Waals surface area contributed by atoms with Crippen molar-refractivity contribution >= 4 is 11.6 Å². The third kappa shape index (κ3) is 2.38. The van der Waals surface area contributed by atoms with Crippen molar-refractivity contribution < 1.29 is 4.74 Å². The molecule has 1 aromatic heterocycles. The minimum absolute atomic E-state index is 0.516. The molecule has 0 radical (unpaired) electrons. The zero-order chi connectivity index (χ0) is 9.97. The Morgan fingerprint density at radius 1 is 1.50 bits per heavy atom. The number of ether oxygens (including phenoxy) is 1. The standard InChI is InChI=1S/C11H14ClNO/c1-8-10(6-12)4-5-11(13-8)14-7-9-2-3-9/h4-5,9H,2-3,6-7H2,1H3. The highest BCUT2D eigenvalue weighted by molar-refractivity contribution is 6.17. The van der Waals surface area contributed by atoms with Crippen molar-refractivity contribution in [2.24, 2.45) is 5.92 Å². The van der Waals surface area contributed by atoms with E-state index in [0.717, 1.165) is 29.7 Å². The Labute approximate surface area is 89.3 Å². The Morgan fingerprint density at radius 2 is 2.29 bits per heavy atom. The summed E-state index contributed by atoms with van der Waals surface area (Å²) in [6.45, 7) is 2.77. The van der Waals surface area contributed by atoms with E-state index < -0.39 is 0 Å². The molecule has 0 amide bonds. The quantitative estimate of drug-likeness (QED) is 0.715. The number of nitrogens with zero attached hydrogens (tertiary/aromatic N) is 1. The zero-order valence-electron chi connectivity index (χ0n) is 8.29. The average molecular weight is 212 g/mol. The normalized spacial score (nSPS) is 15.6. The van der Waals surface area contributed by atoms with E-state index in [1.165, 1.54) is 12.8 Å². The molecule has 2 nitrogen and oxygen atoms in total. The Hall–Kier alpha value is -0.760. The van der Waals surface area contributed by atoms with Crippen molar-refractivity contribution in [2.45, 2.75) is 25.6 Å². The van der Waals surface area contributed by atoms with Crippen LogP contribution in [0, 0.1) is 12.8 Å². The van der Waals surface area contributed by atoms with Gasteiger partial charge >= 0.3 is 0 Å². The summed E-state index contributed by atoms with van der Waals surface area (Å²) in [5.74, 6) is 2.01. The number of aromatic nitrogens is 1. The van der Waals surface area contributed by atoms with Crippen LogP contribution >= 0.6 is 11.6 Å². The fourth-order valence-electron chi connectivity index (χ4n) is 1.28. The minimum Gasteiger partial charge on any atom is -0.477 e. The van der Waals surface area contributed by atoms with Gasteiger partial charge < -0.3 is 4.74 Å². The number of hydrogen-bond acceptors (Lipinski definition) is 2. The summed E-state index contributed by atoms with van der Waals surface area (Å²) in [6, 6.07) is 3.88. The first-order chi connectivity index (χ1) is 6.79. The molecule has 0 spiro atoms. The second-order valence-electron chi connectivity index (χ2n) is 3.78. The van der Waals surface area contributed by atoms with Crippen LogP contribution in [0.1, 0.15) is 24.1 Å². The molecule has 0 bridgehead atoms. The highest BCUT2D eigenvalue weighted by Gasteiger charge is 2.22. The zero-order valence-corrected chi connectivity index (χ0v) is 9.05. The van der Waals surface area contributed by atoms with E-state index in [4.69, 9.17) is 16.3 Å². The van der Waals surface area contributed by atoms with Crippen LogP contribution in [0.4, 0.5) is 0 Å². The maximum absolute atomic E-state index is 5.74. The average Bonchev–Trinajstić information content (AvgIpc) is 2.98. The molecule has 2 rings (SSSR count). The summed E-state index contributed by atoms with van der Waals surface area (Å²) in [7, 11) is 0. The van der Waals surface area contributed by atoms with E-state index >= 15 is 0 Å². The van der Waals surface area contributed by atoms with Crippen molar-refractivity contribution in [1.29, 1.82) is 0 Å². The van der Waals surface area contributed by atoms with Gasteiger partial charge in [-0.3, -0.25) is 0 Å². The van der Waals surface area contributed by atoms with Crippen molar-refractivity contribution in [3.8, 4) is 5.88 Å². The van der Waals surface area contributed by atoms with Gasteiger partial charge in [-0.2, -0.15) is 0 Å². The maximum atomic E-state index is 5.74. The summed E-state index contributed by atoms with van der Waals surface area (Å²) in [5.41, 5.74) is 2.04. The first-order valence-electron chi connectivity index (χ1n) is 4.95. The van der Waals surface area contributed by atoms with Crippen molar-refractivity contribution in [1.82, 2.24) is 4.98 Å². The number of halogens is 1. The summed E-state index contributed by atoms with van der Waals surface area (Å²) >= 11 is 5.74. The van der Waals surface area contributed by atoms with Gasteiger partial charge in [-0.05, 0) is 31.2 Å². The van der Waals surface area contributed by atoms with Gasteiger partial charge in [0.2, 0.25) is 5.88 Å². The van der Waals surface area contributed by atoms with Crippen LogP contribution in [0.15, 0.2) is 12.1 Å².